The Hall–Kier alpha value is -1.13. The molecule has 29 heavy (non-hydrogen) atoms. The third kappa shape index (κ3) is 8.64. The number of nitrogens with zero attached hydrogens (tertiary/aromatic N) is 2. The smallest absolute Gasteiger partial charge is 0.191 e. The molecule has 0 aromatic heterocycles. The fourth-order valence-electron chi connectivity index (χ4n) is 3.14. The highest BCUT2D eigenvalue weighted by molar-refractivity contribution is 14.0. The molecule has 1 heterocycles. The molecule has 0 unspecified atom stereocenters. The number of morpholine rings is 1. The van der Waals surface area contributed by atoms with E-state index < -0.39 is 0 Å². The lowest BCUT2D eigenvalue weighted by Gasteiger charge is -2.29. The quantitative estimate of drug-likeness (QED) is 0.215. The SMILES string of the molecule is CCNC(=NCc1ccc(N2CCOCC2)c(F)c1)NCCCOCC1CC1.I. The van der Waals surface area contributed by atoms with E-state index in [1.165, 1.54) is 12.8 Å². The predicted octanol–water partition coefficient (Wildman–Crippen LogP) is 3.15. The maximum Gasteiger partial charge on any atom is 0.191 e. The van der Waals surface area contributed by atoms with Gasteiger partial charge >= 0.3 is 0 Å². The second kappa shape index (κ2) is 13.2. The predicted molar refractivity (Wildman–Crippen MR) is 126 cm³/mol. The number of halogens is 2. The van der Waals surface area contributed by atoms with Crippen molar-refractivity contribution in [3.05, 3.63) is 29.6 Å². The van der Waals surface area contributed by atoms with Crippen LogP contribution in [0.25, 0.3) is 0 Å². The van der Waals surface area contributed by atoms with Gasteiger partial charge in [-0.2, -0.15) is 0 Å². The Kier molecular flexibility index (Phi) is 11.0. The molecule has 1 aromatic rings. The highest BCUT2D eigenvalue weighted by Crippen LogP contribution is 2.28. The molecule has 0 radical (unpaired) electrons. The van der Waals surface area contributed by atoms with Gasteiger partial charge in [0.05, 0.1) is 25.4 Å². The minimum absolute atomic E-state index is 0. The summed E-state index contributed by atoms with van der Waals surface area (Å²) in [6.07, 6.45) is 3.59. The van der Waals surface area contributed by atoms with Gasteiger partial charge in [-0.3, -0.25) is 0 Å². The topological polar surface area (TPSA) is 58.1 Å². The first-order valence-electron chi connectivity index (χ1n) is 10.5. The van der Waals surface area contributed by atoms with Gasteiger partial charge < -0.3 is 25.0 Å². The van der Waals surface area contributed by atoms with E-state index in [1.54, 1.807) is 6.07 Å². The first-order chi connectivity index (χ1) is 13.8. The third-order valence-electron chi connectivity index (χ3n) is 4.94. The Bertz CT molecular complexity index is 637. The summed E-state index contributed by atoms with van der Waals surface area (Å²) in [4.78, 5) is 6.61. The zero-order chi connectivity index (χ0) is 19.6. The number of nitrogens with one attached hydrogen (secondary N) is 2. The molecule has 3 rings (SSSR count). The van der Waals surface area contributed by atoms with Gasteiger partial charge in [0.2, 0.25) is 0 Å². The van der Waals surface area contributed by atoms with Crippen LogP contribution in [0, 0.1) is 11.7 Å². The van der Waals surface area contributed by atoms with Gasteiger partial charge in [-0.05, 0) is 49.8 Å². The molecule has 0 atom stereocenters. The molecule has 1 aromatic carbocycles. The summed E-state index contributed by atoms with van der Waals surface area (Å²) in [5.74, 6) is 1.37. The second-order valence-corrected chi connectivity index (χ2v) is 7.38. The molecule has 0 amide bonds. The monoisotopic (exact) mass is 520 g/mol. The van der Waals surface area contributed by atoms with Gasteiger partial charge in [-0.15, -0.1) is 24.0 Å². The Balaban J connectivity index is 0.00000300. The number of hydrogen-bond donors (Lipinski definition) is 2. The van der Waals surface area contributed by atoms with Gasteiger partial charge in [0, 0.05) is 39.4 Å². The molecule has 0 bridgehead atoms. The molecule has 0 spiro atoms. The largest absolute Gasteiger partial charge is 0.381 e. The van der Waals surface area contributed by atoms with E-state index in [9.17, 15) is 4.39 Å². The molecule has 1 saturated heterocycles. The number of hydrogen-bond acceptors (Lipinski definition) is 4. The van der Waals surface area contributed by atoms with Crippen molar-refractivity contribution in [3.63, 3.8) is 0 Å². The van der Waals surface area contributed by atoms with E-state index in [0.717, 1.165) is 63.3 Å². The van der Waals surface area contributed by atoms with Crippen LogP contribution in [0.5, 0.6) is 0 Å². The van der Waals surface area contributed by atoms with Crippen molar-refractivity contribution in [3.8, 4) is 0 Å². The van der Waals surface area contributed by atoms with E-state index in [4.69, 9.17) is 9.47 Å². The van der Waals surface area contributed by atoms with Crippen LogP contribution in [0.4, 0.5) is 10.1 Å². The summed E-state index contributed by atoms with van der Waals surface area (Å²) in [5.41, 5.74) is 1.51. The van der Waals surface area contributed by atoms with Crippen LogP contribution in [0.3, 0.4) is 0 Å². The van der Waals surface area contributed by atoms with Crippen molar-refractivity contribution in [2.24, 2.45) is 10.9 Å². The zero-order valence-electron chi connectivity index (χ0n) is 17.3. The lowest BCUT2D eigenvalue weighted by molar-refractivity contribution is 0.122. The summed E-state index contributed by atoms with van der Waals surface area (Å²) in [5, 5.41) is 6.55. The summed E-state index contributed by atoms with van der Waals surface area (Å²) in [6.45, 7) is 8.50. The van der Waals surface area contributed by atoms with Crippen molar-refractivity contribution in [1.29, 1.82) is 0 Å². The first kappa shape index (κ1) is 24.1. The summed E-state index contributed by atoms with van der Waals surface area (Å²) >= 11 is 0. The molecule has 2 fully saturated rings. The second-order valence-electron chi connectivity index (χ2n) is 7.38. The Morgan fingerprint density at radius 1 is 1.28 bits per heavy atom. The zero-order valence-corrected chi connectivity index (χ0v) is 19.6. The highest BCUT2D eigenvalue weighted by atomic mass is 127. The molecule has 1 aliphatic heterocycles. The molecule has 2 aliphatic rings. The summed E-state index contributed by atoms with van der Waals surface area (Å²) in [6, 6.07) is 5.39. The van der Waals surface area contributed by atoms with Crippen molar-refractivity contribution in [2.45, 2.75) is 32.7 Å². The number of rotatable bonds is 10. The van der Waals surface area contributed by atoms with Crippen LogP contribution in [-0.2, 0) is 16.0 Å². The normalized spacial score (nSPS) is 17.0. The van der Waals surface area contributed by atoms with Crippen molar-refractivity contribution < 1.29 is 13.9 Å². The molecule has 1 aliphatic carbocycles. The molecule has 6 nitrogen and oxygen atoms in total. The van der Waals surface area contributed by atoms with Crippen molar-refractivity contribution in [2.75, 3.05) is 57.5 Å². The standard InChI is InChI=1S/C21H33FN4O2.HI/c1-2-23-21(24-8-3-11-28-16-17-4-5-17)25-15-18-6-7-20(19(22)14-18)26-9-12-27-13-10-26;/h6-7,14,17H,2-5,8-13,15-16H2,1H3,(H2,23,24,25);1H. The average Bonchev–Trinajstić information content (AvgIpc) is 3.54. The van der Waals surface area contributed by atoms with Crippen LogP contribution in [0.15, 0.2) is 23.2 Å². The molecule has 1 saturated carbocycles. The number of guanidine groups is 1. The fraction of sp³-hybridized carbons (Fsp3) is 0.667. The Labute approximate surface area is 190 Å². The Morgan fingerprint density at radius 2 is 2.07 bits per heavy atom. The van der Waals surface area contributed by atoms with Gasteiger partial charge in [0.25, 0.3) is 0 Å². The third-order valence-corrected chi connectivity index (χ3v) is 4.94. The molecular weight excluding hydrogens is 486 g/mol. The maximum atomic E-state index is 14.5. The fourth-order valence-corrected chi connectivity index (χ4v) is 3.14. The lowest BCUT2D eigenvalue weighted by atomic mass is 10.1. The first-order valence-corrected chi connectivity index (χ1v) is 10.5. The maximum absolute atomic E-state index is 14.5. The van der Waals surface area contributed by atoms with E-state index >= 15 is 0 Å². The van der Waals surface area contributed by atoms with E-state index in [0.29, 0.717) is 25.4 Å². The summed E-state index contributed by atoms with van der Waals surface area (Å²) < 4.78 is 25.5. The summed E-state index contributed by atoms with van der Waals surface area (Å²) in [7, 11) is 0. The minimum Gasteiger partial charge on any atom is -0.381 e. The number of benzene rings is 1. The van der Waals surface area contributed by atoms with Crippen molar-refractivity contribution >= 4 is 35.6 Å². The van der Waals surface area contributed by atoms with Crippen LogP contribution < -0.4 is 15.5 Å². The van der Waals surface area contributed by atoms with Gasteiger partial charge in [-0.1, -0.05) is 6.07 Å². The van der Waals surface area contributed by atoms with Gasteiger partial charge in [-0.25, -0.2) is 9.38 Å². The van der Waals surface area contributed by atoms with Gasteiger partial charge in [0.15, 0.2) is 5.96 Å². The lowest BCUT2D eigenvalue weighted by Crippen LogP contribution is -2.38. The van der Waals surface area contributed by atoms with Crippen LogP contribution in [0.1, 0.15) is 31.7 Å². The number of ether oxygens (including phenoxy) is 2. The molecule has 2 N–H and O–H groups in total. The van der Waals surface area contributed by atoms with Crippen LogP contribution in [-0.4, -0.2) is 58.6 Å². The number of aliphatic imine (C=N–C) groups is 1. The molecule has 164 valence electrons. The highest BCUT2D eigenvalue weighted by Gasteiger charge is 2.20. The number of anilines is 1. The van der Waals surface area contributed by atoms with E-state index in [2.05, 4.69) is 15.6 Å². The van der Waals surface area contributed by atoms with E-state index in [1.807, 2.05) is 24.0 Å². The van der Waals surface area contributed by atoms with Crippen molar-refractivity contribution in [1.82, 2.24) is 10.6 Å². The molecular formula is C21H34FIN4O2. The van der Waals surface area contributed by atoms with Gasteiger partial charge in [0.1, 0.15) is 5.82 Å². The Morgan fingerprint density at radius 3 is 2.76 bits per heavy atom. The molecule has 8 heteroatoms. The van der Waals surface area contributed by atoms with E-state index in [-0.39, 0.29) is 29.8 Å². The average molecular weight is 520 g/mol. The van der Waals surface area contributed by atoms with Crippen LogP contribution >= 0.6 is 24.0 Å². The van der Waals surface area contributed by atoms with Crippen LogP contribution in [0.2, 0.25) is 0 Å². The minimum atomic E-state index is -0.194.